The van der Waals surface area contributed by atoms with E-state index in [0.29, 0.717) is 0 Å². The van der Waals surface area contributed by atoms with Crippen LogP contribution in [0.3, 0.4) is 0 Å². The van der Waals surface area contributed by atoms with Crippen LogP contribution in [0.25, 0.3) is 0 Å². The summed E-state index contributed by atoms with van der Waals surface area (Å²) in [4.78, 5) is 40.2. The van der Waals surface area contributed by atoms with Gasteiger partial charge in [0.2, 0.25) is 0 Å². The van der Waals surface area contributed by atoms with Crippen LogP contribution in [0.15, 0.2) is 43.0 Å². The van der Waals surface area contributed by atoms with Crippen molar-refractivity contribution in [1.82, 2.24) is 0 Å². The molecule has 158 valence electrons. The molecule has 2 aromatic rings. The van der Waals surface area contributed by atoms with Crippen molar-refractivity contribution in [2.24, 2.45) is 0 Å². The first-order chi connectivity index (χ1) is 14.6. The molecule has 3 rings (SSSR count). The average Bonchev–Trinajstić information content (AvgIpc) is 2.73. The minimum Gasteiger partial charge on any atom is -0.506 e. The number of anilines is 1. The van der Waals surface area contributed by atoms with Crippen molar-refractivity contribution < 1.29 is 24.2 Å². The number of phenols is 1. The number of amides is 1. The predicted octanol–water partition coefficient (Wildman–Crippen LogP) is 4.16. The number of ketones is 2. The van der Waals surface area contributed by atoms with Gasteiger partial charge < -0.3 is 9.84 Å². The maximum atomic E-state index is 13.3. The Kier molecular flexibility index (Phi) is 5.87. The van der Waals surface area contributed by atoms with Crippen molar-refractivity contribution in [2.75, 3.05) is 18.6 Å². The molecule has 0 aliphatic heterocycles. The van der Waals surface area contributed by atoms with E-state index < -0.39 is 25.7 Å². The molecule has 1 amide bonds. The van der Waals surface area contributed by atoms with Crippen LogP contribution in [-0.4, -0.2) is 44.5 Å². The number of carbonyl (C=O) groups is 3. The molecule has 0 atom stereocenters. The molecule has 0 heterocycles. The molecule has 0 saturated carbocycles. The normalized spacial score (nSPS) is 12.3. The Hall–Kier alpha value is -3.63. The third kappa shape index (κ3) is 4.16. The lowest BCUT2D eigenvalue weighted by Crippen LogP contribution is -2.31. The number of rotatable bonds is 3. The van der Waals surface area contributed by atoms with Crippen LogP contribution in [0.5, 0.6) is 5.75 Å². The van der Waals surface area contributed by atoms with E-state index in [2.05, 4.69) is 18.0 Å². The van der Waals surface area contributed by atoms with Gasteiger partial charge in [-0.3, -0.25) is 14.5 Å². The van der Waals surface area contributed by atoms with Gasteiger partial charge >= 0.3 is 6.09 Å². The zero-order valence-corrected chi connectivity index (χ0v) is 18.9. The molecular formula is C24H23NO5Si. The van der Waals surface area contributed by atoms with Crippen molar-refractivity contribution in [3.8, 4) is 17.2 Å². The summed E-state index contributed by atoms with van der Waals surface area (Å²) < 4.78 is 5.10. The summed E-state index contributed by atoms with van der Waals surface area (Å²) in [5.74, 6) is 1.64. The molecule has 0 radical (unpaired) electrons. The van der Waals surface area contributed by atoms with Gasteiger partial charge in [0.1, 0.15) is 20.4 Å². The standard InChI is InChI=1S/C24H23NO5Si/c1-6-12-30-24(29)25(2)18-14-15(11-13-31(3,4)5)21(26)20-19(18)22(27)16-9-7-8-10-17(16)23(20)28/h6-10,14,26H,1,12H2,2-5H3. The molecule has 2 aromatic carbocycles. The number of fused-ring (bicyclic) bond motifs is 2. The Morgan fingerprint density at radius 3 is 2.29 bits per heavy atom. The van der Waals surface area contributed by atoms with Crippen LogP contribution in [0, 0.1) is 11.5 Å². The first-order valence-electron chi connectivity index (χ1n) is 9.69. The van der Waals surface area contributed by atoms with Crippen molar-refractivity contribution in [3.05, 3.63) is 70.8 Å². The second kappa shape index (κ2) is 8.24. The Labute approximate surface area is 182 Å². The van der Waals surface area contributed by atoms with Gasteiger partial charge in [0.05, 0.1) is 22.4 Å². The minimum atomic E-state index is -1.81. The van der Waals surface area contributed by atoms with E-state index >= 15 is 0 Å². The predicted molar refractivity (Wildman–Crippen MR) is 122 cm³/mol. The van der Waals surface area contributed by atoms with Crippen LogP contribution in [0.1, 0.15) is 37.4 Å². The number of aromatic hydroxyl groups is 1. The Morgan fingerprint density at radius 2 is 1.74 bits per heavy atom. The van der Waals surface area contributed by atoms with E-state index in [9.17, 15) is 19.5 Å². The van der Waals surface area contributed by atoms with E-state index in [1.807, 2.05) is 19.6 Å². The summed E-state index contributed by atoms with van der Waals surface area (Å²) in [6.45, 7) is 9.63. The monoisotopic (exact) mass is 433 g/mol. The first-order valence-corrected chi connectivity index (χ1v) is 13.2. The van der Waals surface area contributed by atoms with E-state index in [-0.39, 0.29) is 45.9 Å². The smallest absolute Gasteiger partial charge is 0.414 e. The maximum absolute atomic E-state index is 13.3. The van der Waals surface area contributed by atoms with Gasteiger partial charge in [-0.2, -0.15) is 0 Å². The van der Waals surface area contributed by atoms with E-state index in [4.69, 9.17) is 4.74 Å². The van der Waals surface area contributed by atoms with Crippen LogP contribution in [0.2, 0.25) is 19.6 Å². The van der Waals surface area contributed by atoms with Crippen LogP contribution < -0.4 is 4.90 Å². The van der Waals surface area contributed by atoms with Gasteiger partial charge in [0.25, 0.3) is 0 Å². The average molecular weight is 434 g/mol. The fourth-order valence-electron chi connectivity index (χ4n) is 3.20. The van der Waals surface area contributed by atoms with Crippen molar-refractivity contribution in [3.63, 3.8) is 0 Å². The maximum Gasteiger partial charge on any atom is 0.414 e. The lowest BCUT2D eigenvalue weighted by atomic mass is 9.81. The molecule has 6 nitrogen and oxygen atoms in total. The SMILES string of the molecule is C=CCOC(=O)N(C)c1cc(C#C[Si](C)(C)C)c(O)c2c1C(=O)c1ccccc1C2=O. The molecule has 0 spiro atoms. The summed E-state index contributed by atoms with van der Waals surface area (Å²) in [7, 11) is -0.374. The minimum absolute atomic E-state index is 0.0125. The molecule has 7 heteroatoms. The lowest BCUT2D eigenvalue weighted by molar-refractivity contribution is 0.0977. The quantitative estimate of drug-likeness (QED) is 0.381. The van der Waals surface area contributed by atoms with E-state index in [0.717, 1.165) is 4.90 Å². The van der Waals surface area contributed by atoms with Gasteiger partial charge in [0, 0.05) is 18.2 Å². The van der Waals surface area contributed by atoms with Gasteiger partial charge in [-0.15, -0.1) is 5.54 Å². The molecule has 0 fully saturated rings. The summed E-state index contributed by atoms with van der Waals surface area (Å²) in [6.07, 6.45) is 0.698. The molecular weight excluding hydrogens is 410 g/mol. The number of ether oxygens (including phenoxy) is 1. The largest absolute Gasteiger partial charge is 0.506 e. The molecule has 0 aromatic heterocycles. The zero-order chi connectivity index (χ0) is 22.9. The fraction of sp³-hybridized carbons (Fsp3) is 0.208. The van der Waals surface area contributed by atoms with Crippen molar-refractivity contribution >= 4 is 31.4 Å². The third-order valence-corrected chi connectivity index (χ3v) is 5.56. The molecule has 1 aliphatic rings. The molecule has 1 aliphatic carbocycles. The van der Waals surface area contributed by atoms with Crippen molar-refractivity contribution in [1.29, 1.82) is 0 Å². The second-order valence-electron chi connectivity index (χ2n) is 8.17. The number of carbonyl (C=O) groups excluding carboxylic acids is 3. The van der Waals surface area contributed by atoms with Crippen LogP contribution in [0.4, 0.5) is 10.5 Å². The molecule has 0 saturated heterocycles. The summed E-state index contributed by atoms with van der Waals surface area (Å²) in [5, 5.41) is 10.9. The molecule has 0 unspecified atom stereocenters. The Balaban J connectivity index is 2.30. The first kappa shape index (κ1) is 22.1. The second-order valence-corrected chi connectivity index (χ2v) is 12.9. The number of hydrogen-bond acceptors (Lipinski definition) is 5. The Morgan fingerprint density at radius 1 is 1.16 bits per heavy atom. The molecule has 0 bridgehead atoms. The number of benzene rings is 2. The highest BCUT2D eigenvalue weighted by Crippen LogP contribution is 2.40. The summed E-state index contributed by atoms with van der Waals surface area (Å²) in [5.41, 5.74) is 3.70. The highest BCUT2D eigenvalue weighted by Gasteiger charge is 2.37. The van der Waals surface area contributed by atoms with Gasteiger partial charge in [-0.05, 0) is 6.07 Å². The number of nitrogens with zero attached hydrogens (tertiary/aromatic N) is 1. The molecule has 31 heavy (non-hydrogen) atoms. The highest BCUT2D eigenvalue weighted by atomic mass is 28.3. The van der Waals surface area contributed by atoms with Gasteiger partial charge in [-0.1, -0.05) is 62.5 Å². The number of hydrogen-bond donors (Lipinski definition) is 1. The van der Waals surface area contributed by atoms with Crippen molar-refractivity contribution in [2.45, 2.75) is 19.6 Å². The highest BCUT2D eigenvalue weighted by molar-refractivity contribution is 6.83. The van der Waals surface area contributed by atoms with E-state index in [1.165, 1.54) is 19.2 Å². The van der Waals surface area contributed by atoms with Crippen LogP contribution in [-0.2, 0) is 4.74 Å². The lowest BCUT2D eigenvalue weighted by Gasteiger charge is -2.26. The van der Waals surface area contributed by atoms with Crippen LogP contribution >= 0.6 is 0 Å². The summed E-state index contributed by atoms with van der Waals surface area (Å²) >= 11 is 0. The zero-order valence-electron chi connectivity index (χ0n) is 17.9. The summed E-state index contributed by atoms with van der Waals surface area (Å²) in [6, 6.07) is 7.86. The molecule has 1 N–H and O–H groups in total. The third-order valence-electron chi connectivity index (χ3n) is 4.68. The topological polar surface area (TPSA) is 83.9 Å². The Bertz CT molecular complexity index is 1180. The van der Waals surface area contributed by atoms with Gasteiger partial charge in [0.15, 0.2) is 11.6 Å². The number of phenolic OH excluding ortho intramolecular Hbond substituents is 1. The fourth-order valence-corrected chi connectivity index (χ4v) is 3.71. The van der Waals surface area contributed by atoms with Gasteiger partial charge in [-0.25, -0.2) is 4.79 Å². The van der Waals surface area contributed by atoms with E-state index in [1.54, 1.807) is 24.3 Å².